The van der Waals surface area contributed by atoms with E-state index in [1.54, 1.807) is 24.8 Å². The number of anilines is 4. The van der Waals surface area contributed by atoms with Crippen LogP contribution in [0.5, 0.6) is 11.8 Å². The number of H-pyrrole nitrogens is 2. The minimum absolute atomic E-state index is 0.201. The van der Waals surface area contributed by atoms with E-state index >= 15 is 0 Å². The van der Waals surface area contributed by atoms with Crippen LogP contribution >= 0.6 is 0 Å². The van der Waals surface area contributed by atoms with Crippen molar-refractivity contribution >= 4 is 23.3 Å². The Labute approximate surface area is 261 Å². The molecule has 0 unspecified atom stereocenters. The molecule has 0 spiro atoms. The van der Waals surface area contributed by atoms with Gasteiger partial charge in [-0.1, -0.05) is 13.8 Å². The second-order valence-corrected chi connectivity index (χ2v) is 12.6. The van der Waals surface area contributed by atoms with Gasteiger partial charge in [0.15, 0.2) is 35.0 Å². The summed E-state index contributed by atoms with van der Waals surface area (Å²) in [6.07, 6.45) is 7.84. The third kappa shape index (κ3) is 6.41. The zero-order chi connectivity index (χ0) is 31.0. The molecule has 238 valence electrons. The minimum atomic E-state index is -0.350. The van der Waals surface area contributed by atoms with Gasteiger partial charge >= 0.3 is 0 Å². The minimum Gasteiger partial charge on any atom is -0.470 e. The van der Waals surface area contributed by atoms with Crippen molar-refractivity contribution in [1.29, 1.82) is 0 Å². The van der Waals surface area contributed by atoms with Crippen LogP contribution in [0.15, 0.2) is 36.9 Å². The molecule has 2 bridgehead atoms. The molecule has 3 aliphatic rings. The van der Waals surface area contributed by atoms with E-state index in [0.717, 1.165) is 43.9 Å². The molecule has 0 amide bonds. The third-order valence-electron chi connectivity index (χ3n) is 8.84. The van der Waals surface area contributed by atoms with Crippen LogP contribution < -0.4 is 20.1 Å². The molecule has 15 nitrogen and oxygen atoms in total. The van der Waals surface area contributed by atoms with Crippen LogP contribution in [0.4, 0.5) is 23.3 Å². The van der Waals surface area contributed by atoms with Crippen molar-refractivity contribution in [3.05, 3.63) is 48.3 Å². The monoisotopic (exact) mass is 618 g/mol. The molecule has 15 heteroatoms. The summed E-state index contributed by atoms with van der Waals surface area (Å²) < 4.78 is 18.5. The summed E-state index contributed by atoms with van der Waals surface area (Å²) in [5.74, 6) is 4.11. The third-order valence-corrected chi connectivity index (χ3v) is 8.84. The number of hydrogen-bond donors (Lipinski definition) is 4. The summed E-state index contributed by atoms with van der Waals surface area (Å²) in [5, 5.41) is 21.2. The molecule has 4 aromatic heterocycles. The van der Waals surface area contributed by atoms with Crippen molar-refractivity contribution in [2.75, 3.05) is 43.5 Å². The van der Waals surface area contributed by atoms with Crippen LogP contribution in [-0.2, 0) is 9.57 Å². The maximum Gasteiger partial charge on any atom is 0.235 e. The van der Waals surface area contributed by atoms with Gasteiger partial charge in [0.25, 0.3) is 0 Å². The molecule has 7 rings (SSSR count). The van der Waals surface area contributed by atoms with Crippen LogP contribution in [-0.4, -0.2) is 95.6 Å². The fourth-order valence-electron chi connectivity index (χ4n) is 6.02. The summed E-state index contributed by atoms with van der Waals surface area (Å²) in [7, 11) is 0. The van der Waals surface area contributed by atoms with Gasteiger partial charge in [-0.3, -0.25) is 20.2 Å². The highest BCUT2D eigenvalue weighted by molar-refractivity contribution is 5.52. The van der Waals surface area contributed by atoms with Gasteiger partial charge in [-0.05, 0) is 19.8 Å². The van der Waals surface area contributed by atoms with Gasteiger partial charge in [0, 0.05) is 42.3 Å². The van der Waals surface area contributed by atoms with E-state index in [1.165, 1.54) is 0 Å². The Balaban J connectivity index is 0.929. The number of fused-ring (bicyclic) bond motifs is 2. The lowest BCUT2D eigenvalue weighted by atomic mass is 10.00. The average Bonchev–Trinajstić information content (AvgIpc) is 3.77. The number of ether oxygens (including phenoxy) is 3. The molecule has 3 aliphatic heterocycles. The quantitative estimate of drug-likeness (QED) is 0.159. The van der Waals surface area contributed by atoms with Crippen LogP contribution in [0.2, 0.25) is 0 Å². The fraction of sp³-hybridized carbons (Fsp3) is 0.533. The molecule has 3 fully saturated rings. The molecule has 4 aromatic rings. The Morgan fingerprint density at radius 3 is 2.18 bits per heavy atom. The van der Waals surface area contributed by atoms with Gasteiger partial charge in [0.2, 0.25) is 11.8 Å². The summed E-state index contributed by atoms with van der Waals surface area (Å²) >= 11 is 0. The van der Waals surface area contributed by atoms with Crippen molar-refractivity contribution < 1.29 is 23.7 Å². The number of hydroxylamine groups is 3. The van der Waals surface area contributed by atoms with Crippen LogP contribution in [0.25, 0.3) is 0 Å². The zero-order valence-electron chi connectivity index (χ0n) is 26.0. The van der Waals surface area contributed by atoms with Crippen molar-refractivity contribution in [3.8, 4) is 11.8 Å². The number of rotatable bonds is 13. The zero-order valence-corrected chi connectivity index (χ0v) is 26.0. The van der Waals surface area contributed by atoms with E-state index < -0.39 is 0 Å². The van der Waals surface area contributed by atoms with E-state index in [4.69, 9.17) is 19.0 Å². The first-order chi connectivity index (χ1) is 21.8. The van der Waals surface area contributed by atoms with E-state index in [0.29, 0.717) is 64.7 Å². The van der Waals surface area contributed by atoms with Crippen molar-refractivity contribution in [2.24, 2.45) is 0 Å². The summed E-state index contributed by atoms with van der Waals surface area (Å²) in [4.78, 5) is 24.5. The van der Waals surface area contributed by atoms with Gasteiger partial charge in [-0.25, -0.2) is 0 Å². The molecular weight excluding hydrogens is 578 g/mol. The molecule has 4 N–H and O–H groups in total. The molecule has 3 saturated heterocycles. The number of aromatic amines is 2. The number of quaternary nitrogens is 1. The Bertz CT molecular complexity index is 1610. The predicted molar refractivity (Wildman–Crippen MR) is 164 cm³/mol. The smallest absolute Gasteiger partial charge is 0.235 e. The molecular formula is C30H40N11O4+. The number of hydrogen-bond acceptors (Lipinski definition) is 12. The normalized spacial score (nSPS) is 23.9. The molecule has 0 saturated carbocycles. The highest BCUT2D eigenvalue weighted by Crippen LogP contribution is 2.43. The maximum atomic E-state index is 6.66. The van der Waals surface area contributed by atoms with E-state index in [9.17, 15) is 0 Å². The Morgan fingerprint density at radius 2 is 1.51 bits per heavy atom. The highest BCUT2D eigenvalue weighted by atomic mass is 16.7. The first kappa shape index (κ1) is 29.4. The lowest BCUT2D eigenvalue weighted by Crippen LogP contribution is -2.49. The summed E-state index contributed by atoms with van der Waals surface area (Å²) in [6, 6.07) is 3.94. The Hall–Kier alpha value is -4.34. The topological polar surface area (TPSA) is 170 Å². The summed E-state index contributed by atoms with van der Waals surface area (Å²) in [5.41, 5.74) is 1.74. The fourth-order valence-corrected chi connectivity index (χ4v) is 6.02. The van der Waals surface area contributed by atoms with Gasteiger partial charge in [-0.2, -0.15) is 29.6 Å². The summed E-state index contributed by atoms with van der Waals surface area (Å²) in [6.45, 7) is 12.1. The second kappa shape index (κ2) is 11.9. The van der Waals surface area contributed by atoms with Crippen LogP contribution in [0, 0.1) is 0 Å². The van der Waals surface area contributed by atoms with Crippen molar-refractivity contribution in [1.82, 2.24) is 40.3 Å². The number of piperidine rings is 1. The average molecular weight is 619 g/mol. The molecule has 0 aromatic carbocycles. The van der Waals surface area contributed by atoms with E-state index in [1.807, 2.05) is 26.0 Å². The van der Waals surface area contributed by atoms with Gasteiger partial charge < -0.3 is 24.8 Å². The molecule has 7 heterocycles. The first-order valence-electron chi connectivity index (χ1n) is 15.5. The lowest BCUT2D eigenvalue weighted by Gasteiger charge is -2.32. The molecule has 45 heavy (non-hydrogen) atoms. The Kier molecular flexibility index (Phi) is 7.75. The maximum absolute atomic E-state index is 6.66. The lowest BCUT2D eigenvalue weighted by molar-refractivity contribution is -1.10. The van der Waals surface area contributed by atoms with Crippen LogP contribution in [0.3, 0.4) is 0 Å². The standard InChI is InChI=1S/C30H40N11O4/c1-18(2)22-9-24(39-37-22)33-27-12-32-14-29(36-27)44-30-5-7-41(17-30,8-6-30)45-20(4)19(3)43-28-13-31-11-26(35-28)34-25-10-23(38-40-25)21-15-42-16-21/h9-14,18-21H,5-8,15-17H2,1-4H3,(H2,33,36,37,39)(H2,34,35,38,40)/q+1/t19-,20-,30?,41?/m1/s1. The second-order valence-electron chi connectivity index (χ2n) is 12.6. The predicted octanol–water partition coefficient (Wildman–Crippen LogP) is 3.97. The van der Waals surface area contributed by atoms with Crippen molar-refractivity contribution in [3.63, 3.8) is 0 Å². The first-order valence-corrected chi connectivity index (χ1v) is 15.5. The number of nitrogens with one attached hydrogen (secondary N) is 4. The van der Waals surface area contributed by atoms with Crippen molar-refractivity contribution in [2.45, 2.75) is 70.2 Å². The van der Waals surface area contributed by atoms with Gasteiger partial charge in [0.05, 0.1) is 38.0 Å². The molecule has 0 radical (unpaired) electrons. The van der Waals surface area contributed by atoms with E-state index in [-0.39, 0.29) is 17.8 Å². The SMILES string of the molecule is CC(C)c1cc(Nc2cncc(OC34CC[N+](O[C@H](C)[C@@H](C)Oc5cncc(Nc6cc(C7COC7)[nH]n6)n5)(CC3)C4)n2)n[nH]1. The molecule has 2 atom stereocenters. The molecule has 0 aliphatic carbocycles. The van der Waals surface area contributed by atoms with E-state index in [2.05, 4.69) is 64.8 Å². The highest BCUT2D eigenvalue weighted by Gasteiger charge is 2.60. The van der Waals surface area contributed by atoms with Gasteiger partial charge in [0.1, 0.15) is 25.7 Å². The number of aromatic nitrogens is 8. The number of nitrogens with zero attached hydrogens (tertiary/aromatic N) is 7. The largest absolute Gasteiger partial charge is 0.470 e. The van der Waals surface area contributed by atoms with Gasteiger partial charge in [-0.15, -0.1) is 0 Å². The van der Waals surface area contributed by atoms with Crippen LogP contribution in [0.1, 0.15) is 63.8 Å². The Morgan fingerprint density at radius 1 is 0.844 bits per heavy atom.